The Labute approximate surface area is 102 Å². The van der Waals surface area contributed by atoms with Gasteiger partial charge in [0.25, 0.3) is 0 Å². The number of aliphatic carboxylic acids is 1. The van der Waals surface area contributed by atoms with Gasteiger partial charge in [-0.3, -0.25) is 4.79 Å². The van der Waals surface area contributed by atoms with E-state index >= 15 is 0 Å². The Bertz CT molecular complexity index is 225. The summed E-state index contributed by atoms with van der Waals surface area (Å²) < 4.78 is 0. The van der Waals surface area contributed by atoms with Crippen molar-refractivity contribution in [2.45, 2.75) is 58.0 Å². The largest absolute Gasteiger partial charge is 0.480 e. The van der Waals surface area contributed by atoms with Crippen molar-refractivity contribution in [1.29, 1.82) is 0 Å². The molecule has 4 nitrogen and oxygen atoms in total. The van der Waals surface area contributed by atoms with E-state index in [9.17, 15) is 10.0 Å². The Balaban J connectivity index is 0.000000385. The molecule has 0 atom stereocenters. The summed E-state index contributed by atoms with van der Waals surface area (Å²) in [5.74, 6) is -1.29. The third-order valence-electron chi connectivity index (χ3n) is 2.84. The molecule has 2 N–H and O–H groups in total. The van der Waals surface area contributed by atoms with E-state index in [2.05, 4.69) is 27.7 Å². The van der Waals surface area contributed by atoms with Crippen molar-refractivity contribution in [1.82, 2.24) is 5.06 Å². The second-order valence-electron chi connectivity index (χ2n) is 5.32. The molecule has 1 rings (SSSR count). The van der Waals surface area contributed by atoms with Gasteiger partial charge in [0.05, 0.1) is 0 Å². The number of alkyl halides is 1. The zero-order valence-corrected chi connectivity index (χ0v) is 11.2. The van der Waals surface area contributed by atoms with Gasteiger partial charge in [-0.25, -0.2) is 0 Å². The van der Waals surface area contributed by atoms with Crippen LogP contribution in [0.1, 0.15) is 47.0 Å². The van der Waals surface area contributed by atoms with E-state index in [0.29, 0.717) is 0 Å². The average molecular weight is 252 g/mol. The molecule has 0 amide bonds. The number of carboxylic acids is 1. The second kappa shape index (κ2) is 5.84. The Kier molecular flexibility index (Phi) is 5.73. The smallest absolute Gasteiger partial charge is 0.318 e. The number of hydroxylamine groups is 2. The van der Waals surface area contributed by atoms with Crippen LogP contribution in [0.25, 0.3) is 0 Å². The van der Waals surface area contributed by atoms with E-state index in [1.54, 1.807) is 0 Å². The lowest BCUT2D eigenvalue weighted by molar-refractivity contribution is -0.241. The van der Waals surface area contributed by atoms with Gasteiger partial charge >= 0.3 is 5.97 Å². The van der Waals surface area contributed by atoms with Crippen LogP contribution in [0.3, 0.4) is 0 Å². The minimum atomic E-state index is -0.980. The monoisotopic (exact) mass is 251 g/mol. The van der Waals surface area contributed by atoms with Crippen LogP contribution in [0, 0.1) is 0 Å². The second-order valence-corrected chi connectivity index (χ2v) is 5.58. The van der Waals surface area contributed by atoms with Gasteiger partial charge in [0.2, 0.25) is 0 Å². The zero-order chi connectivity index (χ0) is 13.0. The van der Waals surface area contributed by atoms with Crippen LogP contribution in [-0.2, 0) is 4.79 Å². The third-order valence-corrected chi connectivity index (χ3v) is 3.07. The molecule has 1 aliphatic rings. The maximum absolute atomic E-state index is 9.80. The lowest BCUT2D eigenvalue weighted by Gasteiger charge is -2.48. The molecule has 0 aromatic heterocycles. The summed E-state index contributed by atoms with van der Waals surface area (Å²) in [7, 11) is 0. The molecule has 0 unspecified atom stereocenters. The average Bonchev–Trinajstić information content (AvgIpc) is 2.15. The van der Waals surface area contributed by atoms with Gasteiger partial charge < -0.3 is 10.3 Å². The van der Waals surface area contributed by atoms with E-state index in [1.807, 2.05) is 0 Å². The van der Waals surface area contributed by atoms with E-state index in [-0.39, 0.29) is 17.0 Å². The van der Waals surface area contributed by atoms with Crippen molar-refractivity contribution in [2.75, 3.05) is 5.88 Å². The van der Waals surface area contributed by atoms with Gasteiger partial charge in [-0.2, -0.15) is 5.06 Å². The number of nitrogens with zero attached hydrogens (tertiary/aromatic N) is 1. The highest BCUT2D eigenvalue weighted by atomic mass is 35.5. The van der Waals surface area contributed by atoms with Gasteiger partial charge in [0.15, 0.2) is 0 Å². The molecule has 0 aromatic carbocycles. The molecular formula is C11H22ClNO3. The number of halogens is 1. The van der Waals surface area contributed by atoms with E-state index in [0.717, 1.165) is 12.8 Å². The molecule has 1 heterocycles. The Morgan fingerprint density at radius 3 is 1.75 bits per heavy atom. The van der Waals surface area contributed by atoms with Crippen molar-refractivity contribution in [3.05, 3.63) is 0 Å². The van der Waals surface area contributed by atoms with Crippen LogP contribution in [0.5, 0.6) is 0 Å². The van der Waals surface area contributed by atoms with Gasteiger partial charge in [-0.05, 0) is 47.0 Å². The van der Waals surface area contributed by atoms with Crippen LogP contribution < -0.4 is 0 Å². The molecule has 1 saturated heterocycles. The van der Waals surface area contributed by atoms with Crippen molar-refractivity contribution < 1.29 is 15.1 Å². The Morgan fingerprint density at radius 1 is 1.25 bits per heavy atom. The van der Waals surface area contributed by atoms with Gasteiger partial charge in [-0.1, -0.05) is 0 Å². The summed E-state index contributed by atoms with van der Waals surface area (Å²) in [5.41, 5.74) is -0.0799. The van der Waals surface area contributed by atoms with Crippen LogP contribution in [0.4, 0.5) is 0 Å². The van der Waals surface area contributed by atoms with Gasteiger partial charge in [0, 0.05) is 11.1 Å². The van der Waals surface area contributed by atoms with Gasteiger partial charge in [-0.15, -0.1) is 11.6 Å². The maximum atomic E-state index is 9.80. The number of rotatable bonds is 1. The first-order chi connectivity index (χ1) is 7.13. The summed E-state index contributed by atoms with van der Waals surface area (Å²) in [5, 5.41) is 18.9. The Hall–Kier alpha value is -0.320. The predicted molar refractivity (Wildman–Crippen MR) is 64.0 cm³/mol. The van der Waals surface area contributed by atoms with Crippen LogP contribution in [0.15, 0.2) is 0 Å². The minimum Gasteiger partial charge on any atom is -0.480 e. The topological polar surface area (TPSA) is 60.8 Å². The van der Waals surface area contributed by atoms with Crippen molar-refractivity contribution in [3.63, 3.8) is 0 Å². The highest BCUT2D eigenvalue weighted by Crippen LogP contribution is 2.35. The molecule has 1 aliphatic heterocycles. The number of hydrogen-bond donors (Lipinski definition) is 2. The predicted octanol–water partition coefficient (Wildman–Crippen LogP) is 2.73. The minimum absolute atomic E-state index is 0.0399. The summed E-state index contributed by atoms with van der Waals surface area (Å²) in [6, 6.07) is 0. The first kappa shape index (κ1) is 15.7. The molecule has 0 spiro atoms. The lowest BCUT2D eigenvalue weighted by atomic mass is 9.82. The lowest BCUT2D eigenvalue weighted by Crippen LogP contribution is -2.56. The van der Waals surface area contributed by atoms with Crippen molar-refractivity contribution in [3.8, 4) is 0 Å². The van der Waals surface area contributed by atoms with Gasteiger partial charge in [0.1, 0.15) is 5.88 Å². The number of hydrogen-bond acceptors (Lipinski definition) is 3. The van der Waals surface area contributed by atoms with Crippen LogP contribution >= 0.6 is 11.6 Å². The molecule has 0 saturated carbocycles. The molecule has 96 valence electrons. The zero-order valence-electron chi connectivity index (χ0n) is 10.5. The SMILES string of the molecule is CC1(C)CCCC(C)(C)N1O.O=C(O)CCl. The first-order valence-corrected chi connectivity index (χ1v) is 5.94. The third kappa shape index (κ3) is 4.68. The quantitative estimate of drug-likeness (QED) is 0.704. The molecule has 16 heavy (non-hydrogen) atoms. The fraction of sp³-hybridized carbons (Fsp3) is 0.909. The highest BCUT2D eigenvalue weighted by molar-refractivity contribution is 6.26. The van der Waals surface area contributed by atoms with E-state index < -0.39 is 5.97 Å². The van der Waals surface area contributed by atoms with Crippen LogP contribution in [0.2, 0.25) is 0 Å². The number of carbonyl (C=O) groups is 1. The maximum Gasteiger partial charge on any atom is 0.318 e. The summed E-state index contributed by atoms with van der Waals surface area (Å²) in [4.78, 5) is 9.24. The number of carboxylic acid groups (broad SMARTS) is 1. The normalized spacial score (nSPS) is 23.1. The van der Waals surface area contributed by atoms with E-state index in [4.69, 9.17) is 16.7 Å². The first-order valence-electron chi connectivity index (χ1n) is 5.40. The molecule has 1 fully saturated rings. The Morgan fingerprint density at radius 2 is 1.56 bits per heavy atom. The molecule has 0 bridgehead atoms. The fourth-order valence-corrected chi connectivity index (χ4v) is 1.98. The number of piperidine rings is 1. The highest BCUT2D eigenvalue weighted by Gasteiger charge is 2.40. The van der Waals surface area contributed by atoms with E-state index in [1.165, 1.54) is 11.5 Å². The molecule has 5 heteroatoms. The molecular weight excluding hydrogens is 230 g/mol. The molecule has 0 aromatic rings. The van der Waals surface area contributed by atoms with Crippen LogP contribution in [-0.4, -0.2) is 38.3 Å². The van der Waals surface area contributed by atoms with Crippen molar-refractivity contribution >= 4 is 17.6 Å². The molecule has 0 aliphatic carbocycles. The molecule has 0 radical (unpaired) electrons. The van der Waals surface area contributed by atoms with Crippen molar-refractivity contribution in [2.24, 2.45) is 0 Å². The summed E-state index contributed by atoms with van der Waals surface area (Å²) >= 11 is 4.74. The fourth-order valence-electron chi connectivity index (χ4n) is 1.98. The summed E-state index contributed by atoms with van der Waals surface area (Å²) in [6.07, 6.45) is 3.40. The standard InChI is InChI=1S/C9H19NO.C2H3ClO2/c1-8(2)6-5-7-9(3,4)10(8)11;3-1-2(4)5/h11H,5-7H2,1-4H3;1H2,(H,4,5). The summed E-state index contributed by atoms with van der Waals surface area (Å²) in [6.45, 7) is 8.36.